The van der Waals surface area contributed by atoms with Crippen LogP contribution in [0.25, 0.3) is 0 Å². The minimum absolute atomic E-state index is 0.477. The van der Waals surface area contributed by atoms with Gasteiger partial charge in [-0.15, -0.1) is 0 Å². The third-order valence-corrected chi connectivity index (χ3v) is 2.53. The molecule has 0 aliphatic heterocycles. The Kier molecular flexibility index (Phi) is 1.73. The largest absolute Gasteiger partial charge is 0.383 e. The molecule has 0 fully saturated rings. The Labute approximate surface area is 72.0 Å². The molecule has 1 unspecified atom stereocenters. The van der Waals surface area contributed by atoms with Crippen molar-refractivity contribution in [2.24, 2.45) is 0 Å². The first-order chi connectivity index (χ1) is 5.83. The SMILES string of the molecule is CNC1CCc2c1ccnc2N. The van der Waals surface area contributed by atoms with Gasteiger partial charge >= 0.3 is 0 Å². The molecule has 1 aromatic rings. The van der Waals surface area contributed by atoms with Crippen molar-refractivity contribution in [3.05, 3.63) is 23.4 Å². The predicted octanol–water partition coefficient (Wildman–Crippen LogP) is 0.871. The third kappa shape index (κ3) is 0.975. The molecular formula is C9H13N3. The molecule has 0 saturated heterocycles. The Bertz CT molecular complexity index is 296. The van der Waals surface area contributed by atoms with Crippen LogP contribution in [0.4, 0.5) is 5.82 Å². The van der Waals surface area contributed by atoms with Crippen molar-refractivity contribution in [1.82, 2.24) is 10.3 Å². The van der Waals surface area contributed by atoms with E-state index in [0.717, 1.165) is 12.8 Å². The molecule has 0 aromatic carbocycles. The van der Waals surface area contributed by atoms with Crippen LogP contribution in [0.5, 0.6) is 0 Å². The van der Waals surface area contributed by atoms with E-state index in [1.54, 1.807) is 6.20 Å². The Balaban J connectivity index is 2.46. The number of fused-ring (bicyclic) bond motifs is 1. The van der Waals surface area contributed by atoms with Crippen LogP contribution in [0.3, 0.4) is 0 Å². The molecule has 0 amide bonds. The minimum Gasteiger partial charge on any atom is -0.383 e. The molecule has 1 atom stereocenters. The van der Waals surface area contributed by atoms with Crippen LogP contribution in [-0.2, 0) is 6.42 Å². The molecule has 0 saturated carbocycles. The first-order valence-electron chi connectivity index (χ1n) is 4.23. The van der Waals surface area contributed by atoms with E-state index in [9.17, 15) is 0 Å². The molecule has 1 aliphatic carbocycles. The van der Waals surface area contributed by atoms with Gasteiger partial charge in [0, 0.05) is 12.2 Å². The summed E-state index contributed by atoms with van der Waals surface area (Å²) in [5, 5.41) is 3.26. The quantitative estimate of drug-likeness (QED) is 0.646. The van der Waals surface area contributed by atoms with E-state index in [1.807, 2.05) is 7.05 Å². The number of nitrogens with two attached hydrogens (primary N) is 1. The van der Waals surface area contributed by atoms with Crippen molar-refractivity contribution in [3.8, 4) is 0 Å². The average molecular weight is 163 g/mol. The predicted molar refractivity (Wildman–Crippen MR) is 48.8 cm³/mol. The molecule has 3 nitrogen and oxygen atoms in total. The van der Waals surface area contributed by atoms with Gasteiger partial charge in [-0.2, -0.15) is 0 Å². The molecule has 64 valence electrons. The maximum atomic E-state index is 5.75. The van der Waals surface area contributed by atoms with Crippen LogP contribution in [0.1, 0.15) is 23.6 Å². The molecule has 1 aliphatic rings. The van der Waals surface area contributed by atoms with Gasteiger partial charge in [0.25, 0.3) is 0 Å². The fourth-order valence-electron chi connectivity index (χ4n) is 1.87. The van der Waals surface area contributed by atoms with Gasteiger partial charge in [0.15, 0.2) is 0 Å². The smallest absolute Gasteiger partial charge is 0.126 e. The molecule has 0 spiro atoms. The highest BCUT2D eigenvalue weighted by Gasteiger charge is 2.22. The second kappa shape index (κ2) is 2.75. The lowest BCUT2D eigenvalue weighted by Gasteiger charge is -2.09. The summed E-state index contributed by atoms with van der Waals surface area (Å²) in [5.74, 6) is 0.699. The number of nitrogens with one attached hydrogen (secondary N) is 1. The molecule has 2 rings (SSSR count). The van der Waals surface area contributed by atoms with Crippen molar-refractivity contribution in [1.29, 1.82) is 0 Å². The first kappa shape index (κ1) is 7.55. The Morgan fingerprint density at radius 2 is 2.50 bits per heavy atom. The highest BCUT2D eigenvalue weighted by molar-refractivity contribution is 5.48. The van der Waals surface area contributed by atoms with E-state index in [4.69, 9.17) is 5.73 Å². The normalized spacial score (nSPS) is 20.9. The standard InChI is InChI=1S/C9H13N3/c1-11-8-3-2-7-6(8)4-5-12-9(7)10/h4-5,8,11H,2-3H2,1H3,(H2,10,12). The summed E-state index contributed by atoms with van der Waals surface area (Å²) in [5.41, 5.74) is 8.31. The van der Waals surface area contributed by atoms with Crippen molar-refractivity contribution in [2.75, 3.05) is 12.8 Å². The average Bonchev–Trinajstić information content (AvgIpc) is 2.49. The summed E-state index contributed by atoms with van der Waals surface area (Å²) in [6.07, 6.45) is 3.98. The van der Waals surface area contributed by atoms with E-state index in [0.29, 0.717) is 11.9 Å². The fraction of sp³-hybridized carbons (Fsp3) is 0.444. The molecular weight excluding hydrogens is 150 g/mol. The fourth-order valence-corrected chi connectivity index (χ4v) is 1.87. The van der Waals surface area contributed by atoms with Gasteiger partial charge in [-0.05, 0) is 37.1 Å². The lowest BCUT2D eigenvalue weighted by molar-refractivity contribution is 0.590. The van der Waals surface area contributed by atoms with Gasteiger partial charge in [0.05, 0.1) is 0 Å². The second-order valence-electron chi connectivity index (χ2n) is 3.14. The summed E-state index contributed by atoms with van der Waals surface area (Å²) in [7, 11) is 1.98. The van der Waals surface area contributed by atoms with E-state index in [1.165, 1.54) is 11.1 Å². The highest BCUT2D eigenvalue weighted by Crippen LogP contribution is 2.32. The molecule has 3 N–H and O–H groups in total. The van der Waals surface area contributed by atoms with Gasteiger partial charge in [-0.25, -0.2) is 4.98 Å². The van der Waals surface area contributed by atoms with Gasteiger partial charge in [0.2, 0.25) is 0 Å². The number of anilines is 1. The Morgan fingerprint density at radius 1 is 1.67 bits per heavy atom. The minimum atomic E-state index is 0.477. The van der Waals surface area contributed by atoms with Crippen LogP contribution in [0.2, 0.25) is 0 Å². The van der Waals surface area contributed by atoms with Crippen LogP contribution in [0.15, 0.2) is 12.3 Å². The van der Waals surface area contributed by atoms with Crippen molar-refractivity contribution >= 4 is 5.82 Å². The summed E-state index contributed by atoms with van der Waals surface area (Å²) < 4.78 is 0. The Morgan fingerprint density at radius 3 is 3.25 bits per heavy atom. The third-order valence-electron chi connectivity index (χ3n) is 2.53. The van der Waals surface area contributed by atoms with Crippen LogP contribution >= 0.6 is 0 Å². The van der Waals surface area contributed by atoms with Crippen molar-refractivity contribution < 1.29 is 0 Å². The number of rotatable bonds is 1. The molecule has 12 heavy (non-hydrogen) atoms. The lowest BCUT2D eigenvalue weighted by atomic mass is 10.1. The topological polar surface area (TPSA) is 50.9 Å². The van der Waals surface area contributed by atoms with E-state index >= 15 is 0 Å². The summed E-state index contributed by atoms with van der Waals surface area (Å²) in [4.78, 5) is 4.07. The zero-order valence-electron chi connectivity index (χ0n) is 7.17. The van der Waals surface area contributed by atoms with Crippen molar-refractivity contribution in [2.45, 2.75) is 18.9 Å². The molecule has 3 heteroatoms. The number of hydrogen-bond donors (Lipinski definition) is 2. The first-order valence-corrected chi connectivity index (χ1v) is 4.23. The number of hydrogen-bond acceptors (Lipinski definition) is 3. The second-order valence-corrected chi connectivity index (χ2v) is 3.14. The number of pyridine rings is 1. The Hall–Kier alpha value is -1.09. The van der Waals surface area contributed by atoms with Crippen LogP contribution in [0, 0.1) is 0 Å². The summed E-state index contributed by atoms with van der Waals surface area (Å²) in [6.45, 7) is 0. The summed E-state index contributed by atoms with van der Waals surface area (Å²) in [6, 6.07) is 2.53. The number of nitrogen functional groups attached to an aromatic ring is 1. The van der Waals surface area contributed by atoms with Gasteiger partial charge in [-0.1, -0.05) is 0 Å². The molecule has 0 bridgehead atoms. The molecule has 0 radical (unpaired) electrons. The van der Waals surface area contributed by atoms with Crippen molar-refractivity contribution in [3.63, 3.8) is 0 Å². The molecule has 1 aromatic heterocycles. The maximum absolute atomic E-state index is 5.75. The van der Waals surface area contributed by atoms with Crippen LogP contribution < -0.4 is 11.1 Å². The number of nitrogens with zero attached hydrogens (tertiary/aromatic N) is 1. The monoisotopic (exact) mass is 163 g/mol. The summed E-state index contributed by atoms with van der Waals surface area (Å²) >= 11 is 0. The van der Waals surface area contributed by atoms with E-state index in [2.05, 4.69) is 16.4 Å². The van der Waals surface area contributed by atoms with Crippen LogP contribution in [-0.4, -0.2) is 12.0 Å². The van der Waals surface area contributed by atoms with Gasteiger partial charge in [0.1, 0.15) is 5.82 Å². The zero-order chi connectivity index (χ0) is 8.55. The van der Waals surface area contributed by atoms with Gasteiger partial charge < -0.3 is 11.1 Å². The van der Waals surface area contributed by atoms with Gasteiger partial charge in [-0.3, -0.25) is 0 Å². The number of aromatic nitrogens is 1. The maximum Gasteiger partial charge on any atom is 0.126 e. The van der Waals surface area contributed by atoms with E-state index in [-0.39, 0.29) is 0 Å². The lowest BCUT2D eigenvalue weighted by Crippen LogP contribution is -2.12. The zero-order valence-corrected chi connectivity index (χ0v) is 7.17. The highest BCUT2D eigenvalue weighted by atomic mass is 14.9. The van der Waals surface area contributed by atoms with E-state index < -0.39 is 0 Å². The molecule has 1 heterocycles.